The van der Waals surface area contributed by atoms with Crippen molar-refractivity contribution in [3.05, 3.63) is 29.8 Å². The molecular weight excluding hydrogens is 250 g/mol. The van der Waals surface area contributed by atoms with Gasteiger partial charge in [-0.15, -0.1) is 0 Å². The maximum atomic E-state index is 11.2. The molecule has 0 bridgehead atoms. The van der Waals surface area contributed by atoms with Crippen molar-refractivity contribution >= 4 is 0 Å². The molecule has 1 aromatic rings. The third-order valence-corrected chi connectivity index (χ3v) is 5.48. The number of aliphatic hydroxyl groups is 1. The average molecular weight is 275 g/mol. The lowest BCUT2D eigenvalue weighted by Crippen LogP contribution is -2.59. The fourth-order valence-corrected chi connectivity index (χ4v) is 3.81. The predicted octanol–water partition coefficient (Wildman–Crippen LogP) is 2.51. The Morgan fingerprint density at radius 1 is 1.30 bits per heavy atom. The molecule has 3 heteroatoms. The second-order valence-corrected chi connectivity index (χ2v) is 6.77. The average Bonchev–Trinajstić information content (AvgIpc) is 2.49. The van der Waals surface area contributed by atoms with E-state index in [1.807, 2.05) is 18.2 Å². The third-order valence-electron chi connectivity index (χ3n) is 5.48. The zero-order chi connectivity index (χ0) is 14.2. The third kappa shape index (κ3) is 2.13. The number of hydrogen-bond donors (Lipinski definition) is 2. The summed E-state index contributed by atoms with van der Waals surface area (Å²) < 4.78 is 5.94. The van der Waals surface area contributed by atoms with E-state index in [4.69, 9.17) is 10.5 Å². The molecule has 1 fully saturated rings. The van der Waals surface area contributed by atoms with E-state index in [2.05, 4.69) is 13.0 Å². The highest BCUT2D eigenvalue weighted by atomic mass is 16.5. The minimum absolute atomic E-state index is 0.332. The number of rotatable bonds is 2. The van der Waals surface area contributed by atoms with Crippen LogP contribution in [0, 0.1) is 11.3 Å². The summed E-state index contributed by atoms with van der Waals surface area (Å²) in [6.45, 7) is 3.28. The van der Waals surface area contributed by atoms with E-state index in [-0.39, 0.29) is 5.41 Å². The maximum absolute atomic E-state index is 11.2. The van der Waals surface area contributed by atoms with Gasteiger partial charge in [-0.2, -0.15) is 0 Å². The number of para-hydroxylation sites is 1. The molecule has 110 valence electrons. The molecule has 1 unspecified atom stereocenters. The molecule has 3 N–H and O–H groups in total. The quantitative estimate of drug-likeness (QED) is 0.872. The van der Waals surface area contributed by atoms with Gasteiger partial charge >= 0.3 is 0 Å². The lowest BCUT2D eigenvalue weighted by molar-refractivity contribution is -0.132. The SMILES string of the molecule is CC1CCC(O)(C2(CN)COc3ccccc3C2)CC1. The lowest BCUT2D eigenvalue weighted by atomic mass is 9.61. The second-order valence-electron chi connectivity index (χ2n) is 6.77. The van der Waals surface area contributed by atoms with Crippen molar-refractivity contribution in [1.82, 2.24) is 0 Å². The highest BCUT2D eigenvalue weighted by molar-refractivity contribution is 5.37. The number of benzene rings is 1. The van der Waals surface area contributed by atoms with E-state index in [0.717, 1.165) is 37.9 Å². The van der Waals surface area contributed by atoms with Crippen LogP contribution >= 0.6 is 0 Å². The van der Waals surface area contributed by atoms with Gasteiger partial charge in [0.05, 0.1) is 12.2 Å². The van der Waals surface area contributed by atoms with Crippen molar-refractivity contribution in [3.8, 4) is 5.75 Å². The minimum atomic E-state index is -0.679. The number of hydrogen-bond acceptors (Lipinski definition) is 3. The van der Waals surface area contributed by atoms with Crippen LogP contribution in [-0.2, 0) is 6.42 Å². The van der Waals surface area contributed by atoms with E-state index >= 15 is 0 Å². The minimum Gasteiger partial charge on any atom is -0.493 e. The fraction of sp³-hybridized carbons (Fsp3) is 0.647. The number of fused-ring (bicyclic) bond motifs is 1. The van der Waals surface area contributed by atoms with Crippen molar-refractivity contribution in [1.29, 1.82) is 0 Å². The Bertz CT molecular complexity index is 480. The second kappa shape index (κ2) is 5.05. The summed E-state index contributed by atoms with van der Waals surface area (Å²) in [7, 11) is 0. The van der Waals surface area contributed by atoms with Crippen LogP contribution in [-0.4, -0.2) is 23.9 Å². The van der Waals surface area contributed by atoms with Crippen molar-refractivity contribution in [2.24, 2.45) is 17.1 Å². The normalized spacial score (nSPS) is 37.0. The van der Waals surface area contributed by atoms with Crippen LogP contribution in [0.25, 0.3) is 0 Å². The summed E-state index contributed by atoms with van der Waals surface area (Å²) >= 11 is 0. The van der Waals surface area contributed by atoms with Gasteiger partial charge in [-0.1, -0.05) is 25.1 Å². The van der Waals surface area contributed by atoms with E-state index in [1.165, 1.54) is 5.56 Å². The van der Waals surface area contributed by atoms with Crippen LogP contribution in [0.15, 0.2) is 24.3 Å². The first-order valence-electron chi connectivity index (χ1n) is 7.72. The van der Waals surface area contributed by atoms with Gasteiger partial charge in [-0.25, -0.2) is 0 Å². The Morgan fingerprint density at radius 2 is 2.00 bits per heavy atom. The molecule has 2 aliphatic rings. The van der Waals surface area contributed by atoms with Crippen LogP contribution in [0.4, 0.5) is 0 Å². The molecule has 1 aliphatic heterocycles. The van der Waals surface area contributed by atoms with Crippen LogP contribution in [0.5, 0.6) is 5.75 Å². The Hall–Kier alpha value is -1.06. The van der Waals surface area contributed by atoms with Gasteiger partial charge in [0, 0.05) is 12.0 Å². The summed E-state index contributed by atoms with van der Waals surface area (Å²) in [5.41, 5.74) is 6.27. The molecule has 1 atom stereocenters. The molecule has 1 saturated carbocycles. The van der Waals surface area contributed by atoms with Crippen LogP contribution in [0.3, 0.4) is 0 Å². The maximum Gasteiger partial charge on any atom is 0.122 e. The van der Waals surface area contributed by atoms with Crippen molar-refractivity contribution in [2.75, 3.05) is 13.2 Å². The van der Waals surface area contributed by atoms with Gasteiger partial charge in [-0.05, 0) is 49.7 Å². The molecular formula is C17H25NO2. The predicted molar refractivity (Wildman–Crippen MR) is 79.7 cm³/mol. The molecule has 0 spiro atoms. The summed E-state index contributed by atoms with van der Waals surface area (Å²) in [5.74, 6) is 1.66. The van der Waals surface area contributed by atoms with Crippen LogP contribution < -0.4 is 10.5 Å². The molecule has 1 aliphatic carbocycles. The standard InChI is InChI=1S/C17H25NO2/c1-13-6-8-17(19,9-7-13)16(11-18)10-14-4-2-3-5-15(14)20-12-16/h2-5,13,19H,6-12,18H2,1H3. The van der Waals surface area contributed by atoms with E-state index in [1.54, 1.807) is 0 Å². The number of ether oxygens (including phenoxy) is 1. The molecule has 0 radical (unpaired) electrons. The Balaban J connectivity index is 1.90. The molecule has 0 saturated heterocycles. The first-order valence-corrected chi connectivity index (χ1v) is 7.72. The summed E-state index contributed by atoms with van der Waals surface area (Å²) in [6.07, 6.45) is 4.68. The summed E-state index contributed by atoms with van der Waals surface area (Å²) in [4.78, 5) is 0. The van der Waals surface area contributed by atoms with Crippen molar-refractivity contribution in [3.63, 3.8) is 0 Å². The fourth-order valence-electron chi connectivity index (χ4n) is 3.81. The Labute approximate surface area is 121 Å². The Kier molecular flexibility index (Phi) is 3.51. The monoisotopic (exact) mass is 275 g/mol. The molecule has 1 aromatic carbocycles. The van der Waals surface area contributed by atoms with Crippen molar-refractivity contribution < 1.29 is 9.84 Å². The van der Waals surface area contributed by atoms with Crippen LogP contribution in [0.1, 0.15) is 38.2 Å². The molecule has 0 aromatic heterocycles. The highest BCUT2D eigenvalue weighted by Crippen LogP contribution is 2.48. The summed E-state index contributed by atoms with van der Waals surface area (Å²) in [6, 6.07) is 8.11. The van der Waals surface area contributed by atoms with E-state index in [9.17, 15) is 5.11 Å². The lowest BCUT2D eigenvalue weighted by Gasteiger charge is -2.51. The van der Waals surface area contributed by atoms with Gasteiger partial charge in [0.1, 0.15) is 5.75 Å². The Morgan fingerprint density at radius 3 is 2.70 bits per heavy atom. The largest absolute Gasteiger partial charge is 0.493 e. The zero-order valence-corrected chi connectivity index (χ0v) is 12.3. The van der Waals surface area contributed by atoms with E-state index < -0.39 is 5.60 Å². The smallest absolute Gasteiger partial charge is 0.122 e. The van der Waals surface area contributed by atoms with Gasteiger partial charge < -0.3 is 15.6 Å². The van der Waals surface area contributed by atoms with Gasteiger partial charge in [0.15, 0.2) is 0 Å². The van der Waals surface area contributed by atoms with Crippen molar-refractivity contribution in [2.45, 2.75) is 44.6 Å². The first-order chi connectivity index (χ1) is 9.59. The summed E-state index contributed by atoms with van der Waals surface area (Å²) in [5, 5.41) is 11.2. The molecule has 3 nitrogen and oxygen atoms in total. The molecule has 0 amide bonds. The topological polar surface area (TPSA) is 55.5 Å². The van der Waals surface area contributed by atoms with Gasteiger partial charge in [0.25, 0.3) is 0 Å². The van der Waals surface area contributed by atoms with Gasteiger partial charge in [-0.3, -0.25) is 0 Å². The van der Waals surface area contributed by atoms with Gasteiger partial charge in [0.2, 0.25) is 0 Å². The highest BCUT2D eigenvalue weighted by Gasteiger charge is 2.52. The first kappa shape index (κ1) is 13.9. The molecule has 3 rings (SSSR count). The molecule has 1 heterocycles. The van der Waals surface area contributed by atoms with E-state index in [0.29, 0.717) is 19.1 Å². The van der Waals surface area contributed by atoms with Crippen LogP contribution in [0.2, 0.25) is 0 Å². The molecule has 20 heavy (non-hydrogen) atoms. The zero-order valence-electron chi connectivity index (χ0n) is 12.3. The number of nitrogens with two attached hydrogens (primary N) is 1.